The van der Waals surface area contributed by atoms with Crippen LogP contribution in [0.1, 0.15) is 126 Å². The summed E-state index contributed by atoms with van der Waals surface area (Å²) in [6, 6.07) is 16.1. The van der Waals surface area contributed by atoms with Gasteiger partial charge in [0, 0.05) is 51.0 Å². The third kappa shape index (κ3) is 11.8. The number of nitrogens with one attached hydrogen (secondary N) is 3. The highest BCUT2D eigenvalue weighted by molar-refractivity contribution is 5.82. The molecule has 0 bridgehead atoms. The van der Waals surface area contributed by atoms with E-state index in [1.807, 2.05) is 45.4 Å². The van der Waals surface area contributed by atoms with E-state index < -0.39 is 0 Å². The molecule has 12 nitrogen and oxygen atoms in total. The highest BCUT2D eigenvalue weighted by Gasteiger charge is 2.43. The Morgan fingerprint density at radius 2 is 1.83 bits per heavy atom. The number of amides is 2. The number of pyridine rings is 1. The molecule has 1 aromatic heterocycles. The molecule has 2 heterocycles. The molecule has 5 rings (SSSR count). The van der Waals surface area contributed by atoms with E-state index in [0.29, 0.717) is 31.9 Å². The zero-order valence-electron chi connectivity index (χ0n) is 36.6. The summed E-state index contributed by atoms with van der Waals surface area (Å²) in [6.45, 7) is 11.7. The van der Waals surface area contributed by atoms with Crippen LogP contribution in [0.25, 0.3) is 11.1 Å². The van der Waals surface area contributed by atoms with Gasteiger partial charge in [0.25, 0.3) is 0 Å². The molecule has 2 amide bonds. The number of hydrazine groups is 1. The highest BCUT2D eigenvalue weighted by atomic mass is 16.5. The van der Waals surface area contributed by atoms with E-state index in [9.17, 15) is 19.5 Å². The number of esters is 1. The average molecular weight is 813 g/mol. The second-order valence-corrected chi connectivity index (χ2v) is 17.6. The molecule has 0 spiro atoms. The standard InChI is InChI=1S/C47H68N6O6/c1-9-53-42-20-19-35(27-40(42)41(28-47(4,5)29-59-32(3)55)45(53)39-18-14-21-48-43(39)31(2)58-8)36-23-33(25-38(56)26-36)24-37(17-12-13-22-49-50-30-54)51-46(57)44(52(6)7)34-15-10-11-16-34/h14,18-21,23,25-27,30-31,34,37,41,44-45,49,56H,9-13,15-17,22,24,28-29H2,1-8H3,(H,50,54)(H,51,57). The highest BCUT2D eigenvalue weighted by Crippen LogP contribution is 2.54. The number of anilines is 1. The molecule has 2 aromatic carbocycles. The number of aromatic nitrogens is 1. The van der Waals surface area contributed by atoms with Crippen LogP contribution in [0.4, 0.5) is 5.69 Å². The minimum atomic E-state index is -0.330. The van der Waals surface area contributed by atoms with Crippen LogP contribution in [0, 0.1) is 11.3 Å². The monoisotopic (exact) mass is 813 g/mol. The summed E-state index contributed by atoms with van der Waals surface area (Å²) in [4.78, 5) is 45.9. The van der Waals surface area contributed by atoms with Gasteiger partial charge in [-0.15, -0.1) is 0 Å². The Kier molecular flexibility index (Phi) is 16.3. The summed E-state index contributed by atoms with van der Waals surface area (Å²) < 4.78 is 11.4. The summed E-state index contributed by atoms with van der Waals surface area (Å²) in [5.74, 6) is 0.300. The predicted octanol–water partition coefficient (Wildman–Crippen LogP) is 7.37. The number of rotatable bonds is 22. The minimum Gasteiger partial charge on any atom is -0.508 e. The van der Waals surface area contributed by atoms with Gasteiger partial charge >= 0.3 is 5.97 Å². The molecule has 0 saturated heterocycles. The number of hydrogen-bond donors (Lipinski definition) is 4. The second kappa shape index (κ2) is 21.1. The average Bonchev–Trinajstić information content (AvgIpc) is 3.83. The Balaban J connectivity index is 1.49. The molecular formula is C47H68N6O6. The topological polar surface area (TPSA) is 145 Å². The third-order valence-electron chi connectivity index (χ3n) is 12.2. The maximum atomic E-state index is 14.0. The molecule has 59 heavy (non-hydrogen) atoms. The zero-order valence-corrected chi connectivity index (χ0v) is 36.6. The van der Waals surface area contributed by atoms with E-state index in [2.05, 4.69) is 77.1 Å². The third-order valence-corrected chi connectivity index (χ3v) is 12.2. The smallest absolute Gasteiger partial charge is 0.302 e. The summed E-state index contributed by atoms with van der Waals surface area (Å²) in [7, 11) is 5.69. The van der Waals surface area contributed by atoms with E-state index in [4.69, 9.17) is 14.5 Å². The summed E-state index contributed by atoms with van der Waals surface area (Å²) >= 11 is 0. The SMILES string of the molecule is CCN1c2ccc(-c3cc(O)cc(CC(CCCCNNC=O)NC(=O)C(C4CCCC4)N(C)C)c3)cc2C(CC(C)(C)COC(C)=O)C1c1cccnc1C(C)OC. The number of methoxy groups -OCH3 is 1. The molecule has 0 radical (unpaired) electrons. The van der Waals surface area contributed by atoms with Crippen molar-refractivity contribution in [3.8, 4) is 16.9 Å². The van der Waals surface area contributed by atoms with Crippen molar-refractivity contribution >= 4 is 24.0 Å². The lowest BCUT2D eigenvalue weighted by molar-refractivity contribution is -0.144. The molecule has 1 aliphatic heterocycles. The Bertz CT molecular complexity index is 1860. The fraction of sp³-hybridized carbons (Fsp3) is 0.574. The molecule has 322 valence electrons. The fourth-order valence-corrected chi connectivity index (χ4v) is 9.50. The largest absolute Gasteiger partial charge is 0.508 e. The predicted molar refractivity (Wildman–Crippen MR) is 233 cm³/mol. The summed E-state index contributed by atoms with van der Waals surface area (Å²) in [5.41, 5.74) is 12.2. The van der Waals surface area contributed by atoms with Gasteiger partial charge in [-0.3, -0.25) is 29.7 Å². The number of carbonyl (C=O) groups excluding carboxylic acids is 3. The first-order valence-electron chi connectivity index (χ1n) is 21.5. The van der Waals surface area contributed by atoms with Gasteiger partial charge in [0.2, 0.25) is 12.3 Å². The number of carbonyl (C=O) groups is 3. The van der Waals surface area contributed by atoms with Gasteiger partial charge in [0.15, 0.2) is 0 Å². The van der Waals surface area contributed by atoms with E-state index in [0.717, 1.165) is 91.5 Å². The molecular weight excluding hydrogens is 745 g/mol. The zero-order chi connectivity index (χ0) is 42.7. The van der Waals surface area contributed by atoms with Crippen molar-refractivity contribution in [2.24, 2.45) is 11.3 Å². The quantitative estimate of drug-likeness (QED) is 0.0351. The number of benzene rings is 2. The molecule has 12 heteroatoms. The Morgan fingerprint density at radius 1 is 1.07 bits per heavy atom. The lowest BCUT2D eigenvalue weighted by Gasteiger charge is -2.35. The number of phenolic OH excluding ortho intramolecular Hbond substituents is 1. The number of hydrogen-bond acceptors (Lipinski definition) is 10. The number of nitrogens with zero attached hydrogens (tertiary/aromatic N) is 3. The Labute approximate surface area is 351 Å². The van der Waals surface area contributed by atoms with Crippen molar-refractivity contribution in [2.75, 3.05) is 45.8 Å². The van der Waals surface area contributed by atoms with Gasteiger partial charge in [-0.25, -0.2) is 5.43 Å². The maximum Gasteiger partial charge on any atom is 0.302 e. The van der Waals surface area contributed by atoms with Crippen LogP contribution in [0.2, 0.25) is 0 Å². The second-order valence-electron chi connectivity index (χ2n) is 17.6. The number of fused-ring (bicyclic) bond motifs is 1. The normalized spacial score (nSPS) is 18.4. The summed E-state index contributed by atoms with van der Waals surface area (Å²) in [5, 5.41) is 14.7. The van der Waals surface area contributed by atoms with Crippen LogP contribution in [-0.2, 0) is 30.3 Å². The molecule has 2 aliphatic rings. The van der Waals surface area contributed by atoms with Crippen molar-refractivity contribution in [1.29, 1.82) is 0 Å². The van der Waals surface area contributed by atoms with E-state index in [1.54, 1.807) is 7.11 Å². The van der Waals surface area contributed by atoms with Crippen LogP contribution in [0.5, 0.6) is 5.75 Å². The molecule has 5 atom stereocenters. The number of ether oxygens (including phenoxy) is 2. The molecule has 5 unspecified atom stereocenters. The fourth-order valence-electron chi connectivity index (χ4n) is 9.50. The van der Waals surface area contributed by atoms with Crippen molar-refractivity contribution < 1.29 is 29.0 Å². The van der Waals surface area contributed by atoms with Crippen LogP contribution in [0.15, 0.2) is 54.7 Å². The summed E-state index contributed by atoms with van der Waals surface area (Å²) in [6.07, 6.45) is 10.4. The number of aromatic hydroxyl groups is 1. The first-order chi connectivity index (χ1) is 28.3. The maximum absolute atomic E-state index is 14.0. The van der Waals surface area contributed by atoms with Crippen LogP contribution < -0.4 is 21.1 Å². The number of likely N-dealkylation sites (N-methyl/N-ethyl adjacent to an activating group) is 2. The van der Waals surface area contributed by atoms with E-state index in [1.165, 1.54) is 12.5 Å². The van der Waals surface area contributed by atoms with E-state index >= 15 is 0 Å². The van der Waals surface area contributed by atoms with Gasteiger partial charge in [-0.05, 0) is 136 Å². The molecule has 1 fully saturated rings. The first kappa shape index (κ1) is 45.6. The van der Waals surface area contributed by atoms with Crippen LogP contribution in [0.3, 0.4) is 0 Å². The van der Waals surface area contributed by atoms with Crippen LogP contribution in [-0.4, -0.2) is 86.3 Å². The number of phenols is 1. The molecule has 3 aromatic rings. The van der Waals surface area contributed by atoms with Crippen molar-refractivity contribution in [2.45, 2.75) is 123 Å². The lowest BCUT2D eigenvalue weighted by atomic mass is 9.76. The lowest BCUT2D eigenvalue weighted by Crippen LogP contribution is -2.50. The van der Waals surface area contributed by atoms with Crippen molar-refractivity contribution in [1.82, 2.24) is 26.1 Å². The van der Waals surface area contributed by atoms with Gasteiger partial charge in [-0.2, -0.15) is 0 Å². The van der Waals surface area contributed by atoms with E-state index in [-0.39, 0.29) is 53.2 Å². The first-order valence-corrected chi connectivity index (χ1v) is 21.5. The van der Waals surface area contributed by atoms with Gasteiger partial charge in [0.05, 0.1) is 30.5 Å². The molecule has 1 aliphatic carbocycles. The van der Waals surface area contributed by atoms with Gasteiger partial charge in [-0.1, -0.05) is 51.3 Å². The van der Waals surface area contributed by atoms with Crippen molar-refractivity contribution in [3.63, 3.8) is 0 Å². The molecule has 4 N–H and O–H groups in total. The van der Waals surface area contributed by atoms with Crippen molar-refractivity contribution in [3.05, 3.63) is 77.1 Å². The van der Waals surface area contributed by atoms with Crippen LogP contribution >= 0.6 is 0 Å². The molecule has 1 saturated carbocycles. The minimum absolute atomic E-state index is 0.0274. The number of unbranched alkanes of at least 4 members (excludes halogenated alkanes) is 1. The Hall–Kier alpha value is -4.52. The Morgan fingerprint density at radius 3 is 2.51 bits per heavy atom. The van der Waals surface area contributed by atoms with Gasteiger partial charge < -0.3 is 24.8 Å². The van der Waals surface area contributed by atoms with Gasteiger partial charge in [0.1, 0.15) is 5.75 Å².